The number of halogens is 2. The van der Waals surface area contributed by atoms with Crippen LogP contribution in [0.15, 0.2) is 23.0 Å². The second kappa shape index (κ2) is 7.70. The minimum absolute atomic E-state index is 0.271. The Morgan fingerprint density at radius 1 is 1.35 bits per heavy atom. The molecule has 0 spiro atoms. The van der Waals surface area contributed by atoms with Crippen LogP contribution < -0.4 is 10.3 Å². The van der Waals surface area contributed by atoms with E-state index in [0.29, 0.717) is 23.1 Å². The van der Waals surface area contributed by atoms with Crippen LogP contribution in [0.4, 0.5) is 8.78 Å². The van der Waals surface area contributed by atoms with Gasteiger partial charge < -0.3 is 14.5 Å². The highest BCUT2D eigenvalue weighted by Crippen LogP contribution is 2.33. The number of hydrogen-bond donors (Lipinski definition) is 1. The smallest absolute Gasteiger partial charge is 0.317 e. The molecule has 1 unspecified atom stereocenters. The van der Waals surface area contributed by atoms with Crippen LogP contribution in [-0.4, -0.2) is 30.3 Å². The Morgan fingerprint density at radius 2 is 2.15 bits per heavy atom. The third kappa shape index (κ3) is 4.03. The van der Waals surface area contributed by atoms with Gasteiger partial charge in [0.25, 0.3) is 5.56 Å². The molecule has 0 bridgehead atoms. The van der Waals surface area contributed by atoms with Crippen LogP contribution in [-0.2, 0) is 10.7 Å². The van der Waals surface area contributed by atoms with E-state index in [1.165, 1.54) is 26.0 Å². The normalized spacial score (nSPS) is 20.6. The summed E-state index contributed by atoms with van der Waals surface area (Å²) in [5.74, 6) is -1.76. The van der Waals surface area contributed by atoms with E-state index < -0.39 is 23.8 Å². The van der Waals surface area contributed by atoms with Crippen LogP contribution in [0.2, 0.25) is 0 Å². The highest BCUT2D eigenvalue weighted by molar-refractivity contribution is 5.75. The molecule has 1 heterocycles. The fraction of sp³-hybridized carbons (Fsp3) is 0.579. The van der Waals surface area contributed by atoms with E-state index in [1.807, 2.05) is 0 Å². The number of fused-ring (bicyclic) bond motifs is 1. The maximum absolute atomic E-state index is 14.4. The summed E-state index contributed by atoms with van der Waals surface area (Å²) in [5.41, 5.74) is -1.10. The Balaban J connectivity index is 1.67. The fourth-order valence-electron chi connectivity index (χ4n) is 3.59. The van der Waals surface area contributed by atoms with Crippen molar-refractivity contribution in [2.75, 3.05) is 20.3 Å². The quantitative estimate of drug-likeness (QED) is 0.756. The van der Waals surface area contributed by atoms with E-state index >= 15 is 0 Å². The summed E-state index contributed by atoms with van der Waals surface area (Å²) in [6, 6.07) is 4.69. The Labute approximate surface area is 150 Å². The van der Waals surface area contributed by atoms with Gasteiger partial charge in [-0.05, 0) is 30.4 Å². The van der Waals surface area contributed by atoms with Gasteiger partial charge in [0.05, 0.1) is 18.1 Å². The third-order valence-electron chi connectivity index (χ3n) is 5.20. The van der Waals surface area contributed by atoms with Gasteiger partial charge in [0.15, 0.2) is 5.69 Å². The first-order valence-electron chi connectivity index (χ1n) is 8.95. The number of hydrogen-bond acceptors (Lipinski definition) is 4. The molecule has 5 nitrogen and oxygen atoms in total. The van der Waals surface area contributed by atoms with Crippen molar-refractivity contribution in [1.29, 1.82) is 0 Å². The molecule has 0 saturated heterocycles. The molecule has 142 valence electrons. The zero-order valence-corrected chi connectivity index (χ0v) is 15.1. The Kier molecular flexibility index (Phi) is 5.55. The average Bonchev–Trinajstić information content (AvgIpc) is 3.02. The highest BCUT2D eigenvalue weighted by atomic mass is 19.3. The zero-order chi connectivity index (χ0) is 18.7. The second-order valence-corrected chi connectivity index (χ2v) is 7.01. The Hall–Kier alpha value is -2.02. The number of ether oxygens (including phenoxy) is 2. The number of alkyl halides is 2. The van der Waals surface area contributed by atoms with Gasteiger partial charge in [0.2, 0.25) is 0 Å². The van der Waals surface area contributed by atoms with Crippen molar-refractivity contribution in [1.82, 2.24) is 9.97 Å². The van der Waals surface area contributed by atoms with Gasteiger partial charge >= 0.3 is 5.92 Å². The predicted octanol–water partition coefficient (Wildman–Crippen LogP) is 3.87. The summed E-state index contributed by atoms with van der Waals surface area (Å²) in [6.45, 7) is 1.62. The number of rotatable bonds is 7. The summed E-state index contributed by atoms with van der Waals surface area (Å²) in [6.07, 6.45) is 4.31. The van der Waals surface area contributed by atoms with Gasteiger partial charge in [0.1, 0.15) is 12.4 Å². The van der Waals surface area contributed by atoms with Gasteiger partial charge in [-0.3, -0.25) is 4.79 Å². The number of H-pyrrole nitrogens is 1. The highest BCUT2D eigenvalue weighted by Gasteiger charge is 2.37. The lowest BCUT2D eigenvalue weighted by Crippen LogP contribution is -2.31. The van der Waals surface area contributed by atoms with Crippen LogP contribution in [0.3, 0.4) is 0 Å². The standard InChI is InChI=1S/C19H24F2N2O3/c1-12-4-3-5-13(12)8-9-26-11-19(20,21)17-18(24)23-16-10-14(25-2)6-7-15(16)22-17/h6-7,10,12-13H,3-5,8-9,11H2,1-2H3,(H,23,24)/t12?,13-/m0/s1. The molecule has 3 rings (SSSR count). The summed E-state index contributed by atoms with van der Waals surface area (Å²) in [4.78, 5) is 18.4. The molecular weight excluding hydrogens is 342 g/mol. The fourth-order valence-corrected chi connectivity index (χ4v) is 3.59. The van der Waals surface area contributed by atoms with Crippen LogP contribution in [0.25, 0.3) is 11.0 Å². The first-order chi connectivity index (χ1) is 12.4. The molecule has 2 atom stereocenters. The number of methoxy groups -OCH3 is 1. The number of nitrogens with one attached hydrogen (secondary N) is 1. The van der Waals surface area contributed by atoms with Gasteiger partial charge in [-0.1, -0.05) is 26.2 Å². The largest absolute Gasteiger partial charge is 0.497 e. The van der Waals surface area contributed by atoms with E-state index in [9.17, 15) is 13.6 Å². The number of aromatic nitrogens is 2. The lowest BCUT2D eigenvalue weighted by atomic mass is 9.95. The molecule has 2 aromatic rings. The Bertz CT molecular complexity index is 822. The van der Waals surface area contributed by atoms with E-state index in [-0.39, 0.29) is 12.1 Å². The van der Waals surface area contributed by atoms with E-state index in [0.717, 1.165) is 12.8 Å². The summed E-state index contributed by atoms with van der Waals surface area (Å²) in [7, 11) is 1.49. The maximum atomic E-state index is 14.4. The lowest BCUT2D eigenvalue weighted by molar-refractivity contribution is -0.0884. The van der Waals surface area contributed by atoms with Crippen molar-refractivity contribution in [2.24, 2.45) is 11.8 Å². The molecule has 1 N–H and O–H groups in total. The van der Waals surface area contributed by atoms with Gasteiger partial charge in [-0.25, -0.2) is 4.98 Å². The molecule has 0 radical (unpaired) electrons. The summed E-state index contributed by atoms with van der Waals surface area (Å²) >= 11 is 0. The molecule has 1 saturated carbocycles. The minimum atomic E-state index is -3.44. The minimum Gasteiger partial charge on any atom is -0.497 e. The van der Waals surface area contributed by atoms with Crippen molar-refractivity contribution in [2.45, 2.75) is 38.5 Å². The monoisotopic (exact) mass is 366 g/mol. The van der Waals surface area contributed by atoms with Gasteiger partial charge in [-0.15, -0.1) is 0 Å². The SMILES string of the molecule is COc1ccc2nc(C(F)(F)COCC[C@@H]3CCCC3C)c(=O)[nH]c2c1. The average molecular weight is 366 g/mol. The van der Waals surface area contributed by atoms with Gasteiger partial charge in [0, 0.05) is 12.7 Å². The zero-order valence-electron chi connectivity index (χ0n) is 15.1. The topological polar surface area (TPSA) is 64.2 Å². The van der Waals surface area contributed by atoms with Crippen LogP contribution in [0, 0.1) is 11.8 Å². The number of aromatic amines is 1. The number of nitrogens with zero attached hydrogens (tertiary/aromatic N) is 1. The molecule has 1 aliphatic carbocycles. The predicted molar refractivity (Wildman–Crippen MR) is 94.8 cm³/mol. The van der Waals surface area contributed by atoms with E-state index in [1.54, 1.807) is 12.1 Å². The van der Waals surface area contributed by atoms with Crippen molar-refractivity contribution < 1.29 is 18.3 Å². The van der Waals surface area contributed by atoms with Gasteiger partial charge in [-0.2, -0.15) is 8.78 Å². The van der Waals surface area contributed by atoms with E-state index in [2.05, 4.69) is 16.9 Å². The molecule has 0 aliphatic heterocycles. The molecule has 1 aromatic heterocycles. The molecule has 0 amide bonds. The Morgan fingerprint density at radius 3 is 2.85 bits per heavy atom. The summed E-state index contributed by atoms with van der Waals surface area (Å²) < 4.78 is 39.1. The van der Waals surface area contributed by atoms with Crippen molar-refractivity contribution >= 4 is 11.0 Å². The molecule has 26 heavy (non-hydrogen) atoms. The molecule has 1 aliphatic rings. The molecular formula is C19H24F2N2O3. The third-order valence-corrected chi connectivity index (χ3v) is 5.20. The molecule has 1 fully saturated rings. The molecule has 1 aromatic carbocycles. The van der Waals surface area contributed by atoms with E-state index in [4.69, 9.17) is 9.47 Å². The summed E-state index contributed by atoms with van der Waals surface area (Å²) in [5, 5.41) is 0. The number of benzene rings is 1. The van der Waals surface area contributed by atoms with Crippen molar-refractivity contribution in [3.63, 3.8) is 0 Å². The maximum Gasteiger partial charge on any atom is 0.317 e. The van der Waals surface area contributed by atoms with Crippen molar-refractivity contribution in [3.8, 4) is 5.75 Å². The lowest BCUT2D eigenvalue weighted by Gasteiger charge is -2.18. The van der Waals surface area contributed by atoms with Crippen LogP contribution in [0.1, 0.15) is 38.3 Å². The van der Waals surface area contributed by atoms with Crippen molar-refractivity contribution in [3.05, 3.63) is 34.2 Å². The first kappa shape index (κ1) is 18.8. The first-order valence-corrected chi connectivity index (χ1v) is 8.95. The molecule has 7 heteroatoms. The van der Waals surface area contributed by atoms with Crippen LogP contribution >= 0.6 is 0 Å². The second-order valence-electron chi connectivity index (χ2n) is 7.01. The van der Waals surface area contributed by atoms with Crippen LogP contribution in [0.5, 0.6) is 5.75 Å².